The van der Waals surface area contributed by atoms with E-state index in [-0.39, 0.29) is 0 Å². The SMILES string of the molecule is c1ccc(-c2ccccc2-c2c(-c3ccccc3)cccc2N(c2ccc(-c3ccc(-c4ccc5ccccc5c4)cc3)cc2)c2ccccc2-n2c3ccccc3c3ccccc32)cc1. The number of hydrogen-bond acceptors (Lipinski definition) is 1. The lowest BCUT2D eigenvalue weighted by Gasteiger charge is -2.32. The van der Waals surface area contributed by atoms with Gasteiger partial charge in [0.05, 0.1) is 28.1 Å². The van der Waals surface area contributed by atoms with Crippen molar-refractivity contribution in [1.29, 1.82) is 0 Å². The highest BCUT2D eigenvalue weighted by atomic mass is 15.2. The molecule has 0 bridgehead atoms. The maximum atomic E-state index is 2.48. The average molecular weight is 841 g/mol. The molecule has 0 aliphatic rings. The van der Waals surface area contributed by atoms with Gasteiger partial charge < -0.3 is 9.47 Å². The molecule has 66 heavy (non-hydrogen) atoms. The van der Waals surface area contributed by atoms with Crippen LogP contribution in [0.3, 0.4) is 0 Å². The first kappa shape index (κ1) is 38.9. The van der Waals surface area contributed by atoms with E-state index >= 15 is 0 Å². The molecule has 0 saturated heterocycles. The summed E-state index contributed by atoms with van der Waals surface area (Å²) in [7, 11) is 0. The van der Waals surface area contributed by atoms with Gasteiger partial charge in [-0.05, 0) is 109 Å². The van der Waals surface area contributed by atoms with Gasteiger partial charge in [0.25, 0.3) is 0 Å². The summed E-state index contributed by atoms with van der Waals surface area (Å²) < 4.78 is 2.44. The van der Waals surface area contributed by atoms with Crippen LogP contribution in [-0.2, 0) is 0 Å². The van der Waals surface area contributed by atoms with Crippen LogP contribution < -0.4 is 4.90 Å². The van der Waals surface area contributed by atoms with Gasteiger partial charge in [-0.15, -0.1) is 0 Å². The Balaban J connectivity index is 1.07. The molecule has 1 aromatic heterocycles. The topological polar surface area (TPSA) is 8.17 Å². The Labute approximate surface area is 385 Å². The van der Waals surface area contributed by atoms with Crippen molar-refractivity contribution < 1.29 is 0 Å². The molecule has 12 rings (SSSR count). The van der Waals surface area contributed by atoms with Gasteiger partial charge in [0.2, 0.25) is 0 Å². The third-order valence-corrected chi connectivity index (χ3v) is 13.0. The van der Waals surface area contributed by atoms with E-state index in [9.17, 15) is 0 Å². The number of hydrogen-bond donors (Lipinski definition) is 0. The molecule has 0 amide bonds. The lowest BCUT2D eigenvalue weighted by molar-refractivity contribution is 1.15. The largest absolute Gasteiger partial charge is 0.308 e. The Morgan fingerprint density at radius 3 is 1.42 bits per heavy atom. The minimum absolute atomic E-state index is 1.06. The van der Waals surface area contributed by atoms with Crippen LogP contribution in [0.1, 0.15) is 0 Å². The zero-order valence-electron chi connectivity index (χ0n) is 36.3. The predicted octanol–water partition coefficient (Wildman–Crippen LogP) is 17.7. The van der Waals surface area contributed by atoms with Gasteiger partial charge in [-0.3, -0.25) is 0 Å². The number of benzene rings is 11. The van der Waals surface area contributed by atoms with Crippen molar-refractivity contribution in [2.45, 2.75) is 0 Å². The Hall–Kier alpha value is -8.72. The zero-order valence-corrected chi connectivity index (χ0v) is 36.3. The van der Waals surface area contributed by atoms with Gasteiger partial charge in [-0.1, -0.05) is 218 Å². The number of aromatic nitrogens is 1. The van der Waals surface area contributed by atoms with E-state index in [1.165, 1.54) is 71.5 Å². The molecule has 310 valence electrons. The molecular weight excluding hydrogens is 797 g/mol. The van der Waals surface area contributed by atoms with Crippen molar-refractivity contribution in [3.8, 4) is 61.3 Å². The molecule has 0 fully saturated rings. The van der Waals surface area contributed by atoms with E-state index in [4.69, 9.17) is 0 Å². The normalized spacial score (nSPS) is 11.3. The molecule has 0 radical (unpaired) electrons. The highest BCUT2D eigenvalue weighted by molar-refractivity contribution is 6.10. The lowest BCUT2D eigenvalue weighted by Crippen LogP contribution is -2.14. The summed E-state index contributed by atoms with van der Waals surface area (Å²) >= 11 is 0. The van der Waals surface area contributed by atoms with Gasteiger partial charge in [0.15, 0.2) is 0 Å². The van der Waals surface area contributed by atoms with E-state index in [0.29, 0.717) is 0 Å². The van der Waals surface area contributed by atoms with Crippen molar-refractivity contribution in [1.82, 2.24) is 4.57 Å². The van der Waals surface area contributed by atoms with Crippen molar-refractivity contribution in [2.24, 2.45) is 0 Å². The second-order valence-corrected chi connectivity index (χ2v) is 16.9. The van der Waals surface area contributed by atoms with Crippen molar-refractivity contribution in [2.75, 3.05) is 4.90 Å². The fourth-order valence-electron chi connectivity index (χ4n) is 9.90. The number of fused-ring (bicyclic) bond motifs is 4. The summed E-state index contributed by atoms with van der Waals surface area (Å²) in [6, 6.07) is 97.0. The summed E-state index contributed by atoms with van der Waals surface area (Å²) in [5, 5.41) is 4.96. The maximum absolute atomic E-state index is 2.48. The monoisotopic (exact) mass is 840 g/mol. The van der Waals surface area contributed by atoms with Crippen LogP contribution >= 0.6 is 0 Å². The smallest absolute Gasteiger partial charge is 0.0702 e. The van der Waals surface area contributed by atoms with Crippen molar-refractivity contribution in [3.63, 3.8) is 0 Å². The van der Waals surface area contributed by atoms with Crippen LogP contribution in [0.4, 0.5) is 17.1 Å². The maximum Gasteiger partial charge on any atom is 0.0702 e. The van der Waals surface area contributed by atoms with Gasteiger partial charge in [-0.25, -0.2) is 0 Å². The van der Waals surface area contributed by atoms with Crippen molar-refractivity contribution >= 4 is 49.6 Å². The summed E-state index contributed by atoms with van der Waals surface area (Å²) in [5.74, 6) is 0. The van der Waals surface area contributed by atoms with E-state index in [1.807, 2.05) is 0 Å². The second-order valence-electron chi connectivity index (χ2n) is 16.9. The first-order valence-electron chi connectivity index (χ1n) is 22.7. The molecule has 0 aliphatic heterocycles. The van der Waals surface area contributed by atoms with Gasteiger partial charge in [0.1, 0.15) is 0 Å². The Bertz CT molecular complexity index is 3630. The predicted molar refractivity (Wildman–Crippen MR) is 280 cm³/mol. The summed E-state index contributed by atoms with van der Waals surface area (Å²) in [5.41, 5.74) is 18.4. The molecular formula is C64H44N2. The van der Waals surface area contributed by atoms with E-state index in [0.717, 1.165) is 39.4 Å². The number of nitrogens with zero attached hydrogens (tertiary/aromatic N) is 2. The molecule has 11 aromatic carbocycles. The zero-order chi connectivity index (χ0) is 43.8. The number of para-hydroxylation sites is 4. The van der Waals surface area contributed by atoms with E-state index in [2.05, 4.69) is 276 Å². The summed E-state index contributed by atoms with van der Waals surface area (Å²) in [4.78, 5) is 2.48. The molecule has 2 nitrogen and oxygen atoms in total. The fraction of sp³-hybridized carbons (Fsp3) is 0. The summed E-state index contributed by atoms with van der Waals surface area (Å²) in [6.45, 7) is 0. The molecule has 2 heteroatoms. The molecule has 1 heterocycles. The molecule has 0 atom stereocenters. The number of rotatable bonds is 9. The van der Waals surface area contributed by atoms with Gasteiger partial charge in [0, 0.05) is 22.0 Å². The molecule has 0 unspecified atom stereocenters. The molecule has 0 spiro atoms. The molecule has 12 aromatic rings. The first-order chi connectivity index (χ1) is 32.8. The second kappa shape index (κ2) is 16.8. The number of anilines is 3. The standard InChI is InChI=1S/C64H44N2/c1-3-19-49(20-4-1)54-24-9-10-27-58(54)64-55(50-21-5-2-6-22-50)28-17-33-63(64)65(61-31-15-16-32-62(61)66-59-29-13-11-25-56(59)57-26-12-14-30-60(57)66)53-42-40-47(41-43-53)46-34-36-48(37-35-46)52-39-38-45-18-7-8-23-51(45)44-52/h1-44H. The fourth-order valence-corrected chi connectivity index (χ4v) is 9.90. The van der Waals surface area contributed by atoms with Crippen molar-refractivity contribution in [3.05, 3.63) is 267 Å². The minimum atomic E-state index is 1.06. The molecule has 0 aliphatic carbocycles. The minimum Gasteiger partial charge on any atom is -0.308 e. The van der Waals surface area contributed by atoms with Crippen LogP contribution in [-0.4, -0.2) is 4.57 Å². The molecule has 0 N–H and O–H groups in total. The highest BCUT2D eigenvalue weighted by Gasteiger charge is 2.25. The highest BCUT2D eigenvalue weighted by Crippen LogP contribution is 2.50. The van der Waals surface area contributed by atoms with E-state index in [1.54, 1.807) is 0 Å². The van der Waals surface area contributed by atoms with Gasteiger partial charge in [-0.2, -0.15) is 0 Å². The van der Waals surface area contributed by atoms with Crippen LogP contribution in [0.2, 0.25) is 0 Å². The van der Waals surface area contributed by atoms with Crippen LogP contribution in [0.5, 0.6) is 0 Å². The third-order valence-electron chi connectivity index (χ3n) is 13.0. The van der Waals surface area contributed by atoms with Crippen LogP contribution in [0, 0.1) is 0 Å². The Morgan fingerprint density at radius 2 is 0.742 bits per heavy atom. The third kappa shape index (κ3) is 6.93. The summed E-state index contributed by atoms with van der Waals surface area (Å²) in [6.07, 6.45) is 0. The van der Waals surface area contributed by atoms with Crippen LogP contribution in [0.15, 0.2) is 267 Å². The molecule has 0 saturated carbocycles. The van der Waals surface area contributed by atoms with Crippen LogP contribution in [0.25, 0.3) is 93.9 Å². The quantitative estimate of drug-likeness (QED) is 0.141. The lowest BCUT2D eigenvalue weighted by atomic mass is 9.87. The Kier molecular flexibility index (Phi) is 9.89. The Morgan fingerprint density at radius 1 is 0.273 bits per heavy atom. The van der Waals surface area contributed by atoms with Gasteiger partial charge >= 0.3 is 0 Å². The average Bonchev–Trinajstić information content (AvgIpc) is 3.74. The van der Waals surface area contributed by atoms with E-state index < -0.39 is 0 Å². The first-order valence-corrected chi connectivity index (χ1v) is 22.7.